The number of benzene rings is 2. The average molecular weight is 413 g/mol. The minimum absolute atomic E-state index is 0.146. The zero-order chi connectivity index (χ0) is 20.8. The Bertz CT molecular complexity index is 1110. The highest BCUT2D eigenvalue weighted by Gasteiger charge is 2.15. The number of rotatable bonds is 7. The van der Waals surface area contributed by atoms with Gasteiger partial charge in [-0.25, -0.2) is 4.98 Å². The van der Waals surface area contributed by atoms with E-state index in [1.807, 2.05) is 13.0 Å². The smallest absolute Gasteiger partial charge is 0.273 e. The summed E-state index contributed by atoms with van der Waals surface area (Å²) in [5, 5.41) is 5.94. The normalized spacial score (nSPS) is 10.7. The van der Waals surface area contributed by atoms with E-state index in [1.54, 1.807) is 42.5 Å². The lowest BCUT2D eigenvalue weighted by Gasteiger charge is -2.13. The van der Waals surface area contributed by atoms with Crippen molar-refractivity contribution in [3.05, 3.63) is 69.6 Å². The van der Waals surface area contributed by atoms with E-state index < -0.39 is 0 Å². The van der Waals surface area contributed by atoms with Crippen molar-refractivity contribution in [2.45, 2.75) is 26.3 Å². The lowest BCUT2D eigenvalue weighted by molar-refractivity contribution is -0.121. The monoisotopic (exact) mass is 412 g/mol. The number of aryl methyl sites for hydroxylation is 1. The Morgan fingerprint density at radius 3 is 2.66 bits per heavy atom. The Morgan fingerprint density at radius 1 is 1.10 bits per heavy atom. The van der Waals surface area contributed by atoms with Crippen LogP contribution in [0.1, 0.15) is 19.0 Å². The van der Waals surface area contributed by atoms with Gasteiger partial charge in [-0.05, 0) is 37.3 Å². The van der Waals surface area contributed by atoms with Gasteiger partial charge in [-0.2, -0.15) is 0 Å². The summed E-state index contributed by atoms with van der Waals surface area (Å²) < 4.78 is 1.38. The molecule has 150 valence electrons. The van der Waals surface area contributed by atoms with Crippen molar-refractivity contribution in [3.63, 3.8) is 0 Å². The van der Waals surface area contributed by atoms with Crippen molar-refractivity contribution in [2.75, 3.05) is 11.9 Å². The summed E-state index contributed by atoms with van der Waals surface area (Å²) in [4.78, 5) is 41.7. The summed E-state index contributed by atoms with van der Waals surface area (Å²) in [5.41, 5.74) is 1.57. The van der Waals surface area contributed by atoms with Crippen molar-refractivity contribution in [1.82, 2.24) is 14.9 Å². The number of nitrogens with one attached hydrogen (secondary N) is 2. The Labute approximate surface area is 172 Å². The maximum atomic E-state index is 13.0. The second-order valence-corrected chi connectivity index (χ2v) is 6.89. The molecule has 1 aromatic heterocycles. The number of aromatic nitrogens is 2. The minimum Gasteiger partial charge on any atom is -0.356 e. The van der Waals surface area contributed by atoms with Crippen LogP contribution in [0.4, 0.5) is 5.69 Å². The van der Waals surface area contributed by atoms with Gasteiger partial charge in [-0.15, -0.1) is 0 Å². The van der Waals surface area contributed by atoms with Crippen LogP contribution in [0.5, 0.6) is 0 Å². The van der Waals surface area contributed by atoms with Gasteiger partial charge in [0.25, 0.3) is 5.56 Å². The number of fused-ring (bicyclic) bond motifs is 1. The second-order valence-electron chi connectivity index (χ2n) is 6.45. The number of amides is 2. The first-order valence-corrected chi connectivity index (χ1v) is 9.66. The molecule has 0 bridgehead atoms. The van der Waals surface area contributed by atoms with Crippen molar-refractivity contribution in [2.24, 2.45) is 0 Å². The molecule has 2 aromatic carbocycles. The van der Waals surface area contributed by atoms with Crippen LogP contribution in [-0.2, 0) is 22.6 Å². The number of hydrogen-bond donors (Lipinski definition) is 2. The zero-order valence-corrected chi connectivity index (χ0v) is 16.7. The van der Waals surface area contributed by atoms with Gasteiger partial charge < -0.3 is 10.6 Å². The second kappa shape index (κ2) is 9.34. The summed E-state index contributed by atoms with van der Waals surface area (Å²) in [6, 6.07) is 13.9. The quantitative estimate of drug-likeness (QED) is 0.624. The number of nitrogens with zero attached hydrogens (tertiary/aromatic N) is 2. The van der Waals surface area contributed by atoms with E-state index >= 15 is 0 Å². The first-order valence-electron chi connectivity index (χ1n) is 9.28. The van der Waals surface area contributed by atoms with E-state index in [4.69, 9.17) is 11.6 Å². The molecule has 0 unspecified atom stereocenters. The van der Waals surface area contributed by atoms with Crippen LogP contribution in [0, 0.1) is 0 Å². The van der Waals surface area contributed by atoms with E-state index in [2.05, 4.69) is 15.6 Å². The fraction of sp³-hybridized carbons (Fsp3) is 0.238. The van der Waals surface area contributed by atoms with E-state index in [9.17, 15) is 14.4 Å². The van der Waals surface area contributed by atoms with Crippen LogP contribution in [0.25, 0.3) is 11.0 Å². The molecule has 2 amide bonds. The Hall–Kier alpha value is -3.19. The molecule has 0 aliphatic carbocycles. The van der Waals surface area contributed by atoms with Crippen LogP contribution < -0.4 is 16.2 Å². The molecular formula is C21H21ClN4O3. The van der Waals surface area contributed by atoms with Gasteiger partial charge in [0.1, 0.15) is 12.2 Å². The Balaban J connectivity index is 1.89. The van der Waals surface area contributed by atoms with E-state index in [-0.39, 0.29) is 42.5 Å². The highest BCUT2D eigenvalue weighted by molar-refractivity contribution is 6.30. The van der Waals surface area contributed by atoms with Crippen molar-refractivity contribution in [3.8, 4) is 0 Å². The summed E-state index contributed by atoms with van der Waals surface area (Å²) >= 11 is 5.95. The molecule has 0 spiro atoms. The first kappa shape index (κ1) is 20.5. The van der Waals surface area contributed by atoms with Gasteiger partial charge in [0, 0.05) is 30.1 Å². The van der Waals surface area contributed by atoms with Crippen LogP contribution in [0.3, 0.4) is 0 Å². The van der Waals surface area contributed by atoms with E-state index in [0.29, 0.717) is 28.3 Å². The fourth-order valence-corrected chi connectivity index (χ4v) is 3.18. The van der Waals surface area contributed by atoms with Gasteiger partial charge in [0.15, 0.2) is 0 Å². The molecular weight excluding hydrogens is 392 g/mol. The lowest BCUT2D eigenvalue weighted by Crippen LogP contribution is -2.32. The third-order valence-electron chi connectivity index (χ3n) is 4.29. The highest BCUT2D eigenvalue weighted by atomic mass is 35.5. The maximum absolute atomic E-state index is 13.0. The van der Waals surface area contributed by atoms with Crippen LogP contribution in [-0.4, -0.2) is 27.9 Å². The third kappa shape index (κ3) is 5.20. The number of hydrogen-bond acceptors (Lipinski definition) is 4. The molecule has 0 atom stereocenters. The van der Waals surface area contributed by atoms with Gasteiger partial charge in [-0.1, -0.05) is 29.8 Å². The molecule has 0 saturated carbocycles. The molecule has 29 heavy (non-hydrogen) atoms. The summed E-state index contributed by atoms with van der Waals surface area (Å²) in [6.45, 7) is 2.18. The summed E-state index contributed by atoms with van der Waals surface area (Å²) in [5.74, 6) is -0.507. The minimum atomic E-state index is -0.380. The molecule has 0 fully saturated rings. The third-order valence-corrected chi connectivity index (χ3v) is 4.53. The summed E-state index contributed by atoms with van der Waals surface area (Å²) in [6.07, 6.45) is 0.356. The standard InChI is InChI=1S/C21H21ClN4O3/c1-2-23-19(27)11-10-17-21(29)26(18-9-4-3-8-16(18)25-17)13-20(28)24-15-7-5-6-14(22)12-15/h3-9,12H,2,10-11,13H2,1H3,(H,23,27)(H,24,28). The fourth-order valence-electron chi connectivity index (χ4n) is 2.99. The van der Waals surface area contributed by atoms with E-state index in [1.165, 1.54) is 4.57 Å². The molecule has 2 N–H and O–H groups in total. The van der Waals surface area contributed by atoms with Crippen LogP contribution in [0.15, 0.2) is 53.3 Å². The molecule has 3 rings (SSSR count). The van der Waals surface area contributed by atoms with Crippen LogP contribution >= 0.6 is 11.6 Å². The molecule has 1 heterocycles. The van der Waals surface area contributed by atoms with Gasteiger partial charge >= 0.3 is 0 Å². The van der Waals surface area contributed by atoms with E-state index in [0.717, 1.165) is 0 Å². The summed E-state index contributed by atoms with van der Waals surface area (Å²) in [7, 11) is 0. The average Bonchev–Trinajstić information content (AvgIpc) is 2.69. The molecule has 0 radical (unpaired) electrons. The molecule has 0 aliphatic rings. The topological polar surface area (TPSA) is 93.1 Å². The van der Waals surface area contributed by atoms with Crippen molar-refractivity contribution in [1.29, 1.82) is 0 Å². The molecule has 3 aromatic rings. The number of halogens is 1. The Morgan fingerprint density at radius 2 is 1.90 bits per heavy atom. The maximum Gasteiger partial charge on any atom is 0.273 e. The predicted octanol–water partition coefficient (Wildman–Crippen LogP) is 2.76. The molecule has 8 heteroatoms. The molecule has 0 saturated heterocycles. The van der Waals surface area contributed by atoms with Gasteiger partial charge in [-0.3, -0.25) is 19.0 Å². The molecule has 7 nitrogen and oxygen atoms in total. The zero-order valence-electron chi connectivity index (χ0n) is 15.9. The molecule has 0 aliphatic heterocycles. The number of carbonyl (C=O) groups is 2. The largest absolute Gasteiger partial charge is 0.356 e. The Kier molecular flexibility index (Phi) is 6.61. The van der Waals surface area contributed by atoms with Gasteiger partial charge in [0.2, 0.25) is 11.8 Å². The number of carbonyl (C=O) groups excluding carboxylic acids is 2. The lowest BCUT2D eigenvalue weighted by atomic mass is 10.2. The predicted molar refractivity (Wildman–Crippen MR) is 113 cm³/mol. The SMILES string of the molecule is CCNC(=O)CCc1nc2ccccc2n(CC(=O)Nc2cccc(Cl)c2)c1=O. The highest BCUT2D eigenvalue weighted by Crippen LogP contribution is 2.15. The number of anilines is 1. The van der Waals surface area contributed by atoms with Crippen LogP contribution in [0.2, 0.25) is 5.02 Å². The number of para-hydroxylation sites is 2. The first-order chi connectivity index (χ1) is 14.0. The van der Waals surface area contributed by atoms with Crippen molar-refractivity contribution < 1.29 is 9.59 Å². The van der Waals surface area contributed by atoms with Crippen molar-refractivity contribution >= 4 is 40.1 Å². The van der Waals surface area contributed by atoms with Gasteiger partial charge in [0.05, 0.1) is 11.0 Å².